The minimum Gasteiger partial charge on any atom is -0.348 e. The van der Waals surface area contributed by atoms with E-state index < -0.39 is 5.54 Å². The molecule has 0 saturated carbocycles. The Bertz CT molecular complexity index is 747. The number of rotatable bonds is 6. The Morgan fingerprint density at radius 2 is 1.96 bits per heavy atom. The van der Waals surface area contributed by atoms with E-state index in [9.17, 15) is 9.59 Å². The van der Waals surface area contributed by atoms with Gasteiger partial charge >= 0.3 is 0 Å². The second-order valence-electron chi connectivity index (χ2n) is 5.85. The summed E-state index contributed by atoms with van der Waals surface area (Å²) in [4.78, 5) is 26.7. The van der Waals surface area contributed by atoms with Crippen LogP contribution in [0.4, 0.5) is 0 Å². The summed E-state index contributed by atoms with van der Waals surface area (Å²) in [6.45, 7) is 8.85. The van der Waals surface area contributed by atoms with Gasteiger partial charge in [-0.05, 0) is 37.6 Å². The van der Waals surface area contributed by atoms with Gasteiger partial charge in [0.05, 0.1) is 5.54 Å². The van der Waals surface area contributed by atoms with Crippen molar-refractivity contribution in [1.29, 1.82) is 0 Å². The van der Waals surface area contributed by atoms with Crippen molar-refractivity contribution in [3.8, 4) is 11.5 Å². The van der Waals surface area contributed by atoms with Crippen molar-refractivity contribution in [1.82, 2.24) is 20.8 Å². The lowest BCUT2D eigenvalue weighted by Crippen LogP contribution is -2.40. The second kappa shape index (κ2) is 7.08. The minimum atomic E-state index is -0.720. The molecule has 0 atom stereocenters. The molecule has 2 rings (SSSR count). The molecule has 2 aromatic rings. The van der Waals surface area contributed by atoms with E-state index in [0.717, 1.165) is 11.1 Å². The van der Waals surface area contributed by atoms with Crippen molar-refractivity contribution in [3.05, 3.63) is 48.3 Å². The maximum atomic E-state index is 11.2. The van der Waals surface area contributed by atoms with E-state index >= 15 is 0 Å². The fraction of sp³-hybridized carbons (Fsp3) is 0.294. The van der Waals surface area contributed by atoms with Crippen LogP contribution in [0.25, 0.3) is 11.5 Å². The maximum absolute atomic E-state index is 11.2. The number of nitrogens with zero attached hydrogens (tertiary/aromatic N) is 2. The fourth-order valence-corrected chi connectivity index (χ4v) is 2.12. The number of aromatic nitrogens is 2. The first-order valence-corrected chi connectivity index (χ1v) is 7.44. The molecule has 24 heavy (non-hydrogen) atoms. The van der Waals surface area contributed by atoms with Crippen LogP contribution in [-0.4, -0.2) is 22.0 Å². The van der Waals surface area contributed by atoms with Crippen molar-refractivity contribution in [3.63, 3.8) is 0 Å². The predicted molar refractivity (Wildman–Crippen MR) is 88.6 cm³/mol. The Balaban J connectivity index is 2.11. The van der Waals surface area contributed by atoms with Crippen molar-refractivity contribution >= 4 is 11.8 Å². The average molecular weight is 328 g/mol. The zero-order valence-corrected chi connectivity index (χ0v) is 13.9. The number of amides is 2. The highest BCUT2D eigenvalue weighted by Crippen LogP contribution is 2.22. The fourth-order valence-electron chi connectivity index (χ4n) is 2.12. The summed E-state index contributed by atoms with van der Waals surface area (Å²) in [6.07, 6.45) is 1.23. The highest BCUT2D eigenvalue weighted by atomic mass is 16.5. The molecule has 0 fully saturated rings. The first kappa shape index (κ1) is 17.4. The number of carbonyl (C=O) groups excluding carboxylic acids is 2. The molecule has 0 unspecified atom stereocenters. The van der Waals surface area contributed by atoms with Gasteiger partial charge in [-0.2, -0.15) is 4.98 Å². The molecule has 0 aliphatic carbocycles. The van der Waals surface area contributed by atoms with Crippen molar-refractivity contribution in [2.75, 3.05) is 0 Å². The quantitative estimate of drug-likeness (QED) is 0.790. The Labute approximate surface area is 140 Å². The molecular formula is C17H20N4O3. The average Bonchev–Trinajstić information content (AvgIpc) is 3.02. The van der Waals surface area contributed by atoms with Crippen LogP contribution in [0.15, 0.2) is 41.4 Å². The van der Waals surface area contributed by atoms with Crippen LogP contribution in [0.3, 0.4) is 0 Å². The smallest absolute Gasteiger partial charge is 0.258 e. The normalized spacial score (nSPS) is 11.0. The summed E-state index contributed by atoms with van der Waals surface area (Å²) in [6, 6.07) is 7.39. The molecule has 7 nitrogen and oxygen atoms in total. The number of carbonyl (C=O) groups is 2. The SMILES string of the molecule is C=CC(=O)NCc1ccc(-c2nc(C(C)(C)NC(C)=O)no2)cc1. The highest BCUT2D eigenvalue weighted by Gasteiger charge is 2.27. The maximum Gasteiger partial charge on any atom is 0.258 e. The zero-order valence-electron chi connectivity index (χ0n) is 13.9. The summed E-state index contributed by atoms with van der Waals surface area (Å²) in [5.74, 6) is 0.373. The molecule has 0 aliphatic heterocycles. The molecule has 1 heterocycles. The van der Waals surface area contributed by atoms with E-state index in [4.69, 9.17) is 4.52 Å². The summed E-state index contributed by atoms with van der Waals surface area (Å²) >= 11 is 0. The van der Waals surface area contributed by atoms with Gasteiger partial charge in [-0.1, -0.05) is 23.9 Å². The lowest BCUT2D eigenvalue weighted by atomic mass is 10.1. The van der Waals surface area contributed by atoms with Crippen LogP contribution in [0.1, 0.15) is 32.2 Å². The molecule has 2 amide bonds. The van der Waals surface area contributed by atoms with Crippen LogP contribution in [0.2, 0.25) is 0 Å². The first-order chi connectivity index (χ1) is 11.3. The molecule has 0 radical (unpaired) electrons. The van der Waals surface area contributed by atoms with Gasteiger partial charge in [0.1, 0.15) is 0 Å². The predicted octanol–water partition coefficient (Wildman–Crippen LogP) is 1.91. The third kappa shape index (κ3) is 4.28. The molecule has 0 bridgehead atoms. The van der Waals surface area contributed by atoms with E-state index in [1.807, 2.05) is 24.3 Å². The Morgan fingerprint density at radius 1 is 1.29 bits per heavy atom. The molecule has 2 N–H and O–H groups in total. The monoisotopic (exact) mass is 328 g/mol. The lowest BCUT2D eigenvalue weighted by molar-refractivity contribution is -0.120. The van der Waals surface area contributed by atoms with Crippen LogP contribution >= 0.6 is 0 Å². The second-order valence-corrected chi connectivity index (χ2v) is 5.85. The lowest BCUT2D eigenvalue weighted by Gasteiger charge is -2.20. The van der Waals surface area contributed by atoms with Gasteiger partial charge < -0.3 is 15.2 Å². The van der Waals surface area contributed by atoms with Gasteiger partial charge in [-0.25, -0.2) is 0 Å². The van der Waals surface area contributed by atoms with Gasteiger partial charge in [0.2, 0.25) is 11.8 Å². The topological polar surface area (TPSA) is 97.1 Å². The summed E-state index contributed by atoms with van der Waals surface area (Å²) in [5.41, 5.74) is 0.973. The molecule has 126 valence electrons. The Morgan fingerprint density at radius 3 is 2.54 bits per heavy atom. The van der Waals surface area contributed by atoms with E-state index in [1.54, 1.807) is 13.8 Å². The van der Waals surface area contributed by atoms with Crippen molar-refractivity contribution in [2.45, 2.75) is 32.9 Å². The van der Waals surface area contributed by atoms with Crippen LogP contribution in [-0.2, 0) is 21.7 Å². The van der Waals surface area contributed by atoms with E-state index in [1.165, 1.54) is 13.0 Å². The molecule has 0 spiro atoms. The number of hydrogen-bond donors (Lipinski definition) is 2. The molecule has 7 heteroatoms. The van der Waals surface area contributed by atoms with Gasteiger partial charge in [-0.3, -0.25) is 9.59 Å². The zero-order chi connectivity index (χ0) is 17.7. The van der Waals surface area contributed by atoms with Gasteiger partial charge in [0, 0.05) is 19.0 Å². The number of nitrogens with one attached hydrogen (secondary N) is 2. The number of hydrogen-bond acceptors (Lipinski definition) is 5. The van der Waals surface area contributed by atoms with Gasteiger partial charge in [-0.15, -0.1) is 0 Å². The third-order valence-electron chi connectivity index (χ3n) is 3.33. The summed E-state index contributed by atoms with van der Waals surface area (Å²) < 4.78 is 5.28. The largest absolute Gasteiger partial charge is 0.348 e. The highest BCUT2D eigenvalue weighted by molar-refractivity contribution is 5.86. The Kier molecular flexibility index (Phi) is 5.13. The van der Waals surface area contributed by atoms with Gasteiger partial charge in [0.15, 0.2) is 5.82 Å². The third-order valence-corrected chi connectivity index (χ3v) is 3.33. The van der Waals surface area contributed by atoms with E-state index in [0.29, 0.717) is 18.3 Å². The standard InChI is InChI=1S/C17H20N4O3/c1-5-14(23)18-10-12-6-8-13(9-7-12)15-19-16(21-24-15)17(3,4)20-11(2)22/h5-9H,1,10H2,2-4H3,(H,18,23)(H,20,22). The van der Waals surface area contributed by atoms with Crippen molar-refractivity contribution in [2.24, 2.45) is 0 Å². The first-order valence-electron chi connectivity index (χ1n) is 7.44. The molecule has 0 aliphatic rings. The van der Waals surface area contributed by atoms with Crippen molar-refractivity contribution < 1.29 is 14.1 Å². The Hall–Kier alpha value is -2.96. The summed E-state index contributed by atoms with van der Waals surface area (Å²) in [7, 11) is 0. The van der Waals surface area contributed by atoms with Crippen LogP contribution in [0.5, 0.6) is 0 Å². The molecular weight excluding hydrogens is 308 g/mol. The van der Waals surface area contributed by atoms with E-state index in [2.05, 4.69) is 27.4 Å². The summed E-state index contributed by atoms with van der Waals surface area (Å²) in [5, 5.41) is 9.41. The number of benzene rings is 1. The molecule has 1 aromatic heterocycles. The van der Waals surface area contributed by atoms with E-state index in [-0.39, 0.29) is 11.8 Å². The molecule has 0 saturated heterocycles. The van der Waals surface area contributed by atoms with Crippen LogP contribution < -0.4 is 10.6 Å². The van der Waals surface area contributed by atoms with Crippen LogP contribution in [0, 0.1) is 0 Å². The minimum absolute atomic E-state index is 0.169. The molecule has 1 aromatic carbocycles. The van der Waals surface area contributed by atoms with Gasteiger partial charge in [0.25, 0.3) is 5.89 Å².